The Kier molecular flexibility index (Phi) is 9.76. The summed E-state index contributed by atoms with van der Waals surface area (Å²) in [5.74, 6) is -2.46. The Morgan fingerprint density at radius 2 is 1.48 bits per heavy atom. The highest BCUT2D eigenvalue weighted by molar-refractivity contribution is 6.38. The molecule has 0 fully saturated rings. The van der Waals surface area contributed by atoms with Crippen LogP contribution in [0.3, 0.4) is 0 Å². The molecule has 0 bridgehead atoms. The molecule has 0 aromatic heterocycles. The van der Waals surface area contributed by atoms with Crippen LogP contribution in [-0.4, -0.2) is 24.1 Å². The molecule has 120 valence electrons. The zero-order valence-corrected chi connectivity index (χ0v) is 13.6. The van der Waals surface area contributed by atoms with Crippen molar-refractivity contribution in [2.75, 3.05) is 0 Å². The number of Topliss-reactive ketones (excluding diaryl/α,β-unsaturated/α-hetero) is 2. The molecule has 4 atom stereocenters. The third kappa shape index (κ3) is 6.32. The number of carbonyl (C=O) groups is 4. The highest BCUT2D eigenvalue weighted by Crippen LogP contribution is 2.24. The number of ketones is 2. The summed E-state index contributed by atoms with van der Waals surface area (Å²) < 4.78 is 0. The van der Waals surface area contributed by atoms with Gasteiger partial charge in [0, 0.05) is 23.7 Å². The molecule has 0 heterocycles. The summed E-state index contributed by atoms with van der Waals surface area (Å²) in [6.07, 6.45) is 4.75. The van der Waals surface area contributed by atoms with Gasteiger partial charge in [0.25, 0.3) is 0 Å². The maximum atomic E-state index is 12.4. The highest BCUT2D eigenvalue weighted by atomic mass is 16.2. The summed E-state index contributed by atoms with van der Waals surface area (Å²) in [6, 6.07) is 0. The monoisotopic (exact) mass is 296 g/mol. The van der Waals surface area contributed by atoms with Crippen molar-refractivity contribution in [2.45, 2.75) is 59.8 Å². The smallest absolute Gasteiger partial charge is 0.202 e. The Labute approximate surface area is 127 Å². The SMILES string of the molecule is CCCC(C=O)C(CCC)C(=O)C(=O)C(C)CC(C)C=O. The minimum absolute atomic E-state index is 0.237. The first-order valence-electron chi connectivity index (χ1n) is 7.91. The van der Waals surface area contributed by atoms with E-state index in [9.17, 15) is 19.2 Å². The predicted octanol–water partition coefficient (Wildman–Crippen LogP) is 3.02. The fourth-order valence-corrected chi connectivity index (χ4v) is 2.69. The van der Waals surface area contributed by atoms with Gasteiger partial charge >= 0.3 is 0 Å². The van der Waals surface area contributed by atoms with E-state index in [1.807, 2.05) is 13.8 Å². The van der Waals surface area contributed by atoms with E-state index in [1.54, 1.807) is 13.8 Å². The van der Waals surface area contributed by atoms with Gasteiger partial charge in [-0.15, -0.1) is 0 Å². The van der Waals surface area contributed by atoms with Crippen LogP contribution in [0.15, 0.2) is 0 Å². The maximum Gasteiger partial charge on any atom is 0.202 e. The first kappa shape index (κ1) is 19.7. The third-order valence-electron chi connectivity index (χ3n) is 3.90. The minimum Gasteiger partial charge on any atom is -0.303 e. The van der Waals surface area contributed by atoms with Gasteiger partial charge in [0.2, 0.25) is 11.6 Å². The van der Waals surface area contributed by atoms with E-state index in [0.717, 1.165) is 25.4 Å². The largest absolute Gasteiger partial charge is 0.303 e. The van der Waals surface area contributed by atoms with E-state index >= 15 is 0 Å². The van der Waals surface area contributed by atoms with Crippen LogP contribution >= 0.6 is 0 Å². The lowest BCUT2D eigenvalue weighted by molar-refractivity contribution is -0.143. The van der Waals surface area contributed by atoms with Gasteiger partial charge in [0.1, 0.15) is 12.6 Å². The van der Waals surface area contributed by atoms with E-state index in [1.165, 1.54) is 0 Å². The predicted molar refractivity (Wildman–Crippen MR) is 81.9 cm³/mol. The lowest BCUT2D eigenvalue weighted by atomic mass is 9.79. The lowest BCUT2D eigenvalue weighted by Crippen LogP contribution is -2.34. The van der Waals surface area contributed by atoms with Crippen molar-refractivity contribution >= 4 is 24.1 Å². The topological polar surface area (TPSA) is 68.3 Å². The van der Waals surface area contributed by atoms with Crippen molar-refractivity contribution in [2.24, 2.45) is 23.7 Å². The molecule has 0 aliphatic heterocycles. The zero-order chi connectivity index (χ0) is 16.4. The molecule has 0 rings (SSSR count). The average Bonchev–Trinajstić information content (AvgIpc) is 2.48. The zero-order valence-electron chi connectivity index (χ0n) is 13.6. The molecule has 0 radical (unpaired) electrons. The van der Waals surface area contributed by atoms with Crippen LogP contribution in [0.1, 0.15) is 59.8 Å². The number of aldehydes is 2. The summed E-state index contributed by atoms with van der Waals surface area (Å²) in [5, 5.41) is 0. The molecule has 4 unspecified atom stereocenters. The fourth-order valence-electron chi connectivity index (χ4n) is 2.69. The molecule has 0 amide bonds. The number of rotatable bonds is 12. The molecule has 0 spiro atoms. The molecule has 0 aliphatic rings. The first-order valence-corrected chi connectivity index (χ1v) is 7.91. The van der Waals surface area contributed by atoms with Crippen LogP contribution in [0.25, 0.3) is 0 Å². The summed E-state index contributed by atoms with van der Waals surface area (Å²) >= 11 is 0. The Bertz CT molecular complexity index is 362. The van der Waals surface area contributed by atoms with E-state index in [-0.39, 0.29) is 11.8 Å². The quantitative estimate of drug-likeness (QED) is 0.410. The summed E-state index contributed by atoms with van der Waals surface area (Å²) in [7, 11) is 0. The third-order valence-corrected chi connectivity index (χ3v) is 3.90. The second-order valence-electron chi connectivity index (χ2n) is 5.96. The van der Waals surface area contributed by atoms with Crippen molar-refractivity contribution in [3.63, 3.8) is 0 Å². The van der Waals surface area contributed by atoms with Crippen LogP contribution < -0.4 is 0 Å². The first-order chi connectivity index (χ1) is 9.92. The van der Waals surface area contributed by atoms with Gasteiger partial charge in [-0.25, -0.2) is 0 Å². The lowest BCUT2D eigenvalue weighted by Gasteiger charge is -2.22. The molecular formula is C17H28O4. The number of hydrogen-bond donors (Lipinski definition) is 0. The fraction of sp³-hybridized carbons (Fsp3) is 0.765. The molecule has 0 saturated heterocycles. The van der Waals surface area contributed by atoms with Gasteiger partial charge in [0.05, 0.1) is 0 Å². The molecular weight excluding hydrogens is 268 g/mol. The Morgan fingerprint density at radius 3 is 1.90 bits per heavy atom. The molecule has 4 heteroatoms. The van der Waals surface area contributed by atoms with Gasteiger partial charge in [0.15, 0.2) is 0 Å². The van der Waals surface area contributed by atoms with E-state index < -0.39 is 23.4 Å². The summed E-state index contributed by atoms with van der Waals surface area (Å²) in [4.78, 5) is 46.6. The molecule has 0 aliphatic carbocycles. The van der Waals surface area contributed by atoms with Crippen LogP contribution in [0.4, 0.5) is 0 Å². The van der Waals surface area contributed by atoms with Gasteiger partial charge in [-0.2, -0.15) is 0 Å². The van der Waals surface area contributed by atoms with Crippen molar-refractivity contribution in [1.82, 2.24) is 0 Å². The van der Waals surface area contributed by atoms with Crippen LogP contribution in [0.2, 0.25) is 0 Å². The second-order valence-corrected chi connectivity index (χ2v) is 5.96. The van der Waals surface area contributed by atoms with Crippen molar-refractivity contribution in [3.8, 4) is 0 Å². The highest BCUT2D eigenvalue weighted by Gasteiger charge is 2.33. The Balaban J connectivity index is 4.97. The van der Waals surface area contributed by atoms with E-state index in [0.29, 0.717) is 19.3 Å². The van der Waals surface area contributed by atoms with E-state index in [2.05, 4.69) is 0 Å². The molecule has 0 aromatic rings. The van der Waals surface area contributed by atoms with Crippen molar-refractivity contribution in [1.29, 1.82) is 0 Å². The normalized spacial score (nSPS) is 16.6. The molecule has 0 saturated carbocycles. The van der Waals surface area contributed by atoms with E-state index in [4.69, 9.17) is 0 Å². The van der Waals surface area contributed by atoms with Gasteiger partial charge in [-0.05, 0) is 19.3 Å². The van der Waals surface area contributed by atoms with Crippen LogP contribution in [0.5, 0.6) is 0 Å². The maximum absolute atomic E-state index is 12.4. The minimum atomic E-state index is -0.506. The number of carbonyl (C=O) groups excluding carboxylic acids is 4. The molecule has 0 aromatic carbocycles. The van der Waals surface area contributed by atoms with Crippen molar-refractivity contribution < 1.29 is 19.2 Å². The van der Waals surface area contributed by atoms with Gasteiger partial charge < -0.3 is 9.59 Å². The molecule has 0 N–H and O–H groups in total. The average molecular weight is 296 g/mol. The summed E-state index contributed by atoms with van der Waals surface area (Å²) in [5.41, 5.74) is 0. The molecule has 21 heavy (non-hydrogen) atoms. The number of hydrogen-bond acceptors (Lipinski definition) is 4. The van der Waals surface area contributed by atoms with Crippen LogP contribution in [0, 0.1) is 23.7 Å². The molecule has 4 nitrogen and oxygen atoms in total. The van der Waals surface area contributed by atoms with Crippen LogP contribution in [-0.2, 0) is 19.2 Å². The van der Waals surface area contributed by atoms with Gasteiger partial charge in [-0.3, -0.25) is 9.59 Å². The second kappa shape index (κ2) is 10.4. The van der Waals surface area contributed by atoms with Crippen molar-refractivity contribution in [3.05, 3.63) is 0 Å². The summed E-state index contributed by atoms with van der Waals surface area (Å²) in [6.45, 7) is 7.31. The standard InChI is InChI=1S/C17H28O4/c1-5-7-14(11-19)15(8-6-2)17(21)16(20)13(4)9-12(3)10-18/h10-15H,5-9H2,1-4H3. The Hall–Kier alpha value is -1.32. The Morgan fingerprint density at radius 1 is 0.905 bits per heavy atom. The van der Waals surface area contributed by atoms with Gasteiger partial charge in [-0.1, -0.05) is 40.5 Å².